The number of nitrogens with zero attached hydrogens (tertiary/aromatic N) is 5. The molecule has 0 fully saturated rings. The van der Waals surface area contributed by atoms with Gasteiger partial charge in [0.05, 0.1) is 11.4 Å². The second kappa shape index (κ2) is 7.77. The number of carbonyl (C=O) groups is 1. The molecule has 32 heavy (non-hydrogen) atoms. The molecule has 3 aromatic heterocycles. The van der Waals surface area contributed by atoms with E-state index in [0.717, 1.165) is 28.5 Å². The van der Waals surface area contributed by atoms with Crippen molar-refractivity contribution in [1.82, 2.24) is 29.7 Å². The van der Waals surface area contributed by atoms with Gasteiger partial charge in [0.2, 0.25) is 0 Å². The van der Waals surface area contributed by atoms with Crippen LogP contribution in [0.1, 0.15) is 38.6 Å². The fraction of sp³-hybridized carbons (Fsp3) is 0.273. The largest absolute Gasteiger partial charge is 0.433 e. The first-order chi connectivity index (χ1) is 15.0. The van der Waals surface area contributed by atoms with E-state index in [0.29, 0.717) is 10.1 Å². The number of halogens is 3. The molecule has 10 heteroatoms. The van der Waals surface area contributed by atoms with E-state index in [1.165, 1.54) is 6.07 Å². The normalized spacial score (nSPS) is 11.8. The lowest BCUT2D eigenvalue weighted by Crippen LogP contribution is -2.23. The summed E-state index contributed by atoms with van der Waals surface area (Å²) in [6.07, 6.45) is -2.92. The molecule has 0 unspecified atom stereocenters. The molecular weight excluding hydrogens is 421 g/mol. The molecule has 3 heterocycles. The summed E-state index contributed by atoms with van der Waals surface area (Å²) in [6, 6.07) is 7.55. The number of fused-ring (bicyclic) bond motifs is 1. The van der Waals surface area contributed by atoms with Crippen molar-refractivity contribution >= 4 is 11.6 Å². The van der Waals surface area contributed by atoms with Crippen LogP contribution in [0.3, 0.4) is 0 Å². The number of rotatable bonds is 4. The lowest BCUT2D eigenvalue weighted by Gasteiger charge is -2.11. The van der Waals surface area contributed by atoms with Crippen molar-refractivity contribution in [2.75, 3.05) is 0 Å². The van der Waals surface area contributed by atoms with Gasteiger partial charge in [0.1, 0.15) is 0 Å². The predicted molar refractivity (Wildman–Crippen MR) is 112 cm³/mol. The van der Waals surface area contributed by atoms with Gasteiger partial charge in [-0.3, -0.25) is 9.48 Å². The lowest BCUT2D eigenvalue weighted by atomic mass is 10.0. The zero-order valence-electron chi connectivity index (χ0n) is 17.9. The molecule has 1 amide bonds. The SMILES string of the molecule is Cc1ccc(-c2cc(C(F)(F)F)n3nc(C(=O)NCc4cn(C)nc4C)cc3n2)cc1C. The molecule has 1 aromatic carbocycles. The standard InChI is InChI=1S/C22H21F3N6O/c1-12-5-6-15(7-13(12)2)17-8-19(22(23,24)25)31-20(27-17)9-18(29-31)21(32)26-10-16-11-30(4)28-14(16)3/h5-9,11H,10H2,1-4H3,(H,26,32). The van der Waals surface area contributed by atoms with Gasteiger partial charge in [-0.2, -0.15) is 23.4 Å². The van der Waals surface area contributed by atoms with Gasteiger partial charge < -0.3 is 5.32 Å². The molecule has 4 aromatic rings. The van der Waals surface area contributed by atoms with Gasteiger partial charge in [0, 0.05) is 37.0 Å². The van der Waals surface area contributed by atoms with E-state index in [1.807, 2.05) is 19.9 Å². The maximum atomic E-state index is 13.8. The molecule has 4 rings (SSSR count). The number of carbonyl (C=O) groups excluding carboxylic acids is 1. The van der Waals surface area contributed by atoms with Gasteiger partial charge in [0.25, 0.3) is 5.91 Å². The Morgan fingerprint density at radius 2 is 1.81 bits per heavy atom. The molecular formula is C22H21F3N6O. The van der Waals surface area contributed by atoms with Gasteiger partial charge in [-0.1, -0.05) is 12.1 Å². The Labute approximate surface area is 181 Å². The van der Waals surface area contributed by atoms with E-state index >= 15 is 0 Å². The number of amides is 1. The molecule has 166 valence electrons. The Bertz CT molecular complexity index is 1340. The summed E-state index contributed by atoms with van der Waals surface area (Å²) >= 11 is 0. The van der Waals surface area contributed by atoms with Gasteiger partial charge in [0.15, 0.2) is 17.0 Å². The highest BCUT2D eigenvalue weighted by Gasteiger charge is 2.35. The smallest absolute Gasteiger partial charge is 0.346 e. The summed E-state index contributed by atoms with van der Waals surface area (Å²) in [5.41, 5.74) is 3.02. The highest BCUT2D eigenvalue weighted by molar-refractivity contribution is 5.93. The Hall–Kier alpha value is -3.69. The number of alkyl halides is 3. The first-order valence-electron chi connectivity index (χ1n) is 9.86. The van der Waals surface area contributed by atoms with E-state index in [1.54, 1.807) is 37.0 Å². The van der Waals surface area contributed by atoms with Crippen molar-refractivity contribution in [2.45, 2.75) is 33.5 Å². The van der Waals surface area contributed by atoms with Gasteiger partial charge in [-0.05, 0) is 44.0 Å². The van der Waals surface area contributed by atoms with Gasteiger partial charge in [-0.15, -0.1) is 0 Å². The van der Waals surface area contributed by atoms with Gasteiger partial charge >= 0.3 is 6.18 Å². The quantitative estimate of drug-likeness (QED) is 0.518. The molecule has 7 nitrogen and oxygen atoms in total. The molecule has 0 spiro atoms. The van der Waals surface area contributed by atoms with Crippen molar-refractivity contribution in [3.63, 3.8) is 0 Å². The second-order valence-corrected chi connectivity index (χ2v) is 7.72. The topological polar surface area (TPSA) is 77.1 Å². The van der Waals surface area contributed by atoms with Crippen LogP contribution >= 0.6 is 0 Å². The summed E-state index contributed by atoms with van der Waals surface area (Å²) in [5, 5.41) is 10.8. The van der Waals surface area contributed by atoms with E-state index in [-0.39, 0.29) is 23.6 Å². The Morgan fingerprint density at radius 1 is 1.06 bits per heavy atom. The number of benzene rings is 1. The van der Waals surface area contributed by atoms with Crippen LogP contribution in [-0.4, -0.2) is 30.3 Å². The van der Waals surface area contributed by atoms with Crippen molar-refractivity contribution < 1.29 is 18.0 Å². The molecule has 0 aliphatic heterocycles. The predicted octanol–water partition coefficient (Wildman–Crippen LogP) is 4.00. The summed E-state index contributed by atoms with van der Waals surface area (Å²) in [6.45, 7) is 5.79. The molecule has 0 bridgehead atoms. The minimum Gasteiger partial charge on any atom is -0.346 e. The van der Waals surface area contributed by atoms with E-state index in [9.17, 15) is 18.0 Å². The van der Waals surface area contributed by atoms with Gasteiger partial charge in [-0.25, -0.2) is 9.50 Å². The molecule has 0 saturated heterocycles. The van der Waals surface area contributed by atoms with Crippen LogP contribution < -0.4 is 5.32 Å². The van der Waals surface area contributed by atoms with E-state index in [2.05, 4.69) is 20.5 Å². The van der Waals surface area contributed by atoms with Crippen molar-refractivity contribution in [3.05, 3.63) is 70.3 Å². The monoisotopic (exact) mass is 442 g/mol. The highest BCUT2D eigenvalue weighted by atomic mass is 19.4. The summed E-state index contributed by atoms with van der Waals surface area (Å²) in [7, 11) is 1.76. The lowest BCUT2D eigenvalue weighted by molar-refractivity contribution is -0.142. The second-order valence-electron chi connectivity index (χ2n) is 7.72. The molecule has 0 atom stereocenters. The molecule has 0 saturated carbocycles. The highest BCUT2D eigenvalue weighted by Crippen LogP contribution is 2.32. The summed E-state index contributed by atoms with van der Waals surface area (Å²) < 4.78 is 43.6. The number of aryl methyl sites for hydroxylation is 4. The number of nitrogens with one attached hydrogen (secondary N) is 1. The van der Waals surface area contributed by atoms with Crippen LogP contribution in [0, 0.1) is 20.8 Å². The minimum atomic E-state index is -4.68. The zero-order chi connectivity index (χ0) is 23.2. The van der Waals surface area contributed by atoms with Crippen molar-refractivity contribution in [3.8, 4) is 11.3 Å². The van der Waals surface area contributed by atoms with Crippen LogP contribution in [0.15, 0.2) is 36.5 Å². The van der Waals surface area contributed by atoms with Crippen molar-refractivity contribution in [1.29, 1.82) is 0 Å². The number of hydrogen-bond acceptors (Lipinski definition) is 4. The first kappa shape index (κ1) is 21.5. The van der Waals surface area contributed by atoms with E-state index in [4.69, 9.17) is 0 Å². The molecule has 0 aliphatic rings. The minimum absolute atomic E-state index is 0.0595. The van der Waals surface area contributed by atoms with Crippen LogP contribution in [-0.2, 0) is 19.8 Å². The van der Waals surface area contributed by atoms with Crippen LogP contribution in [0.5, 0.6) is 0 Å². The van der Waals surface area contributed by atoms with Crippen LogP contribution in [0.25, 0.3) is 16.9 Å². The van der Waals surface area contributed by atoms with Crippen molar-refractivity contribution in [2.24, 2.45) is 7.05 Å². The zero-order valence-corrected chi connectivity index (χ0v) is 17.9. The molecule has 0 aliphatic carbocycles. The van der Waals surface area contributed by atoms with E-state index < -0.39 is 17.8 Å². The maximum absolute atomic E-state index is 13.8. The van der Waals surface area contributed by atoms with Crippen LogP contribution in [0.2, 0.25) is 0 Å². The third kappa shape index (κ3) is 4.08. The average Bonchev–Trinajstić information content (AvgIpc) is 3.29. The summed E-state index contributed by atoms with van der Waals surface area (Å²) in [4.78, 5) is 16.9. The third-order valence-electron chi connectivity index (χ3n) is 5.31. The number of hydrogen-bond donors (Lipinski definition) is 1. The average molecular weight is 442 g/mol. The fourth-order valence-electron chi connectivity index (χ4n) is 3.42. The maximum Gasteiger partial charge on any atom is 0.433 e. The Morgan fingerprint density at radius 3 is 2.44 bits per heavy atom. The van der Waals surface area contributed by atoms with Crippen LogP contribution in [0.4, 0.5) is 13.2 Å². The first-order valence-corrected chi connectivity index (χ1v) is 9.86. The Kier molecular flexibility index (Phi) is 5.23. The molecule has 0 radical (unpaired) electrons. The third-order valence-corrected chi connectivity index (χ3v) is 5.31. The number of aromatic nitrogens is 5. The fourth-order valence-corrected chi connectivity index (χ4v) is 3.42. The Balaban J connectivity index is 1.72. The summed E-state index contributed by atoms with van der Waals surface area (Å²) in [5.74, 6) is -0.598. The molecule has 1 N–H and O–H groups in total.